The summed E-state index contributed by atoms with van der Waals surface area (Å²) >= 11 is 3.79. The fourth-order valence-corrected chi connectivity index (χ4v) is 11.1. The summed E-state index contributed by atoms with van der Waals surface area (Å²) in [6.07, 6.45) is 0. The summed E-state index contributed by atoms with van der Waals surface area (Å²) in [5.74, 6) is 0. The number of thiophene rings is 2. The van der Waals surface area contributed by atoms with Gasteiger partial charge in [0, 0.05) is 78.8 Å². The van der Waals surface area contributed by atoms with E-state index in [1.165, 1.54) is 106 Å². The van der Waals surface area contributed by atoms with E-state index >= 15 is 0 Å². The van der Waals surface area contributed by atoms with Gasteiger partial charge in [-0.15, -0.1) is 22.7 Å². The number of rotatable bonds is 3. The predicted molar refractivity (Wildman–Crippen MR) is 226 cm³/mol. The molecule has 242 valence electrons. The molecule has 12 rings (SSSR count). The highest BCUT2D eigenvalue weighted by Gasteiger charge is 2.21. The van der Waals surface area contributed by atoms with Crippen molar-refractivity contribution in [3.63, 3.8) is 0 Å². The quantitative estimate of drug-likeness (QED) is 0.174. The molecule has 0 spiro atoms. The highest BCUT2D eigenvalue weighted by atomic mass is 32.1. The van der Waals surface area contributed by atoms with E-state index in [-0.39, 0.29) is 0 Å². The average molecular weight is 697 g/mol. The summed E-state index contributed by atoms with van der Waals surface area (Å²) in [6, 6.07) is 62.7. The SMILES string of the molecule is c1ccc(-n2c3ccccc3c3ccc4c(c5ccccc5n4-c4ccc5sc6c(-c7cccc8sc9ccccc9c78)cccc6c5c4)c32)cc1. The van der Waals surface area contributed by atoms with Crippen molar-refractivity contribution in [2.45, 2.75) is 0 Å². The fraction of sp³-hybridized carbons (Fsp3) is 0. The Morgan fingerprint density at radius 1 is 0.327 bits per heavy atom. The van der Waals surface area contributed by atoms with E-state index in [4.69, 9.17) is 0 Å². The summed E-state index contributed by atoms with van der Waals surface area (Å²) in [5.41, 5.74) is 9.87. The van der Waals surface area contributed by atoms with Gasteiger partial charge in [-0.2, -0.15) is 0 Å². The van der Waals surface area contributed by atoms with Crippen LogP contribution in [0.3, 0.4) is 0 Å². The molecule has 4 aromatic heterocycles. The van der Waals surface area contributed by atoms with Crippen LogP contribution in [0.2, 0.25) is 0 Å². The molecule has 0 saturated heterocycles. The highest BCUT2D eigenvalue weighted by molar-refractivity contribution is 7.26. The van der Waals surface area contributed by atoms with Crippen molar-refractivity contribution < 1.29 is 0 Å². The number of aromatic nitrogens is 2. The van der Waals surface area contributed by atoms with Gasteiger partial charge in [-0.05, 0) is 66.2 Å². The lowest BCUT2D eigenvalue weighted by Crippen LogP contribution is -1.95. The average Bonchev–Trinajstić information content (AvgIpc) is 3.95. The van der Waals surface area contributed by atoms with E-state index in [9.17, 15) is 0 Å². The van der Waals surface area contributed by atoms with E-state index in [0.717, 1.165) is 0 Å². The number of hydrogen-bond donors (Lipinski definition) is 0. The first-order valence-electron chi connectivity index (χ1n) is 17.7. The van der Waals surface area contributed by atoms with Gasteiger partial charge in [0.2, 0.25) is 0 Å². The topological polar surface area (TPSA) is 9.86 Å². The summed E-state index contributed by atoms with van der Waals surface area (Å²) in [7, 11) is 0. The van der Waals surface area contributed by atoms with Crippen molar-refractivity contribution in [3.8, 4) is 22.5 Å². The monoisotopic (exact) mass is 696 g/mol. The van der Waals surface area contributed by atoms with Crippen LogP contribution in [0.4, 0.5) is 0 Å². The smallest absolute Gasteiger partial charge is 0.0641 e. The molecule has 8 aromatic carbocycles. The van der Waals surface area contributed by atoms with Crippen LogP contribution in [0.25, 0.3) is 106 Å². The number of fused-ring (bicyclic) bond motifs is 13. The van der Waals surface area contributed by atoms with Crippen LogP contribution in [0, 0.1) is 0 Å². The highest BCUT2D eigenvalue weighted by Crippen LogP contribution is 2.47. The van der Waals surface area contributed by atoms with E-state index < -0.39 is 0 Å². The molecule has 2 nitrogen and oxygen atoms in total. The molecule has 4 heteroatoms. The van der Waals surface area contributed by atoms with Crippen molar-refractivity contribution in [2.75, 3.05) is 0 Å². The lowest BCUT2D eigenvalue weighted by Gasteiger charge is -2.10. The van der Waals surface area contributed by atoms with Gasteiger partial charge in [0.05, 0.1) is 22.1 Å². The van der Waals surface area contributed by atoms with Crippen molar-refractivity contribution in [3.05, 3.63) is 170 Å². The molecule has 12 aromatic rings. The third-order valence-electron chi connectivity index (χ3n) is 10.9. The third-order valence-corrected chi connectivity index (χ3v) is 13.3. The van der Waals surface area contributed by atoms with E-state index in [1.807, 2.05) is 22.7 Å². The summed E-state index contributed by atoms with van der Waals surface area (Å²) in [5, 5.41) is 10.4. The van der Waals surface area contributed by atoms with Crippen molar-refractivity contribution in [1.82, 2.24) is 9.13 Å². The Morgan fingerprint density at radius 2 is 1.00 bits per heavy atom. The normalized spacial score (nSPS) is 12.2. The van der Waals surface area contributed by atoms with Crippen LogP contribution >= 0.6 is 22.7 Å². The molecule has 0 aliphatic heterocycles. The van der Waals surface area contributed by atoms with Gasteiger partial charge in [0.15, 0.2) is 0 Å². The zero-order valence-corrected chi connectivity index (χ0v) is 29.5. The second-order valence-corrected chi connectivity index (χ2v) is 15.8. The Kier molecular flexibility index (Phi) is 5.84. The third kappa shape index (κ3) is 3.83. The summed E-state index contributed by atoms with van der Waals surface area (Å²) in [6.45, 7) is 0. The van der Waals surface area contributed by atoms with Gasteiger partial charge in [0.1, 0.15) is 0 Å². The van der Waals surface area contributed by atoms with E-state index in [2.05, 4.69) is 179 Å². The molecular weight excluding hydrogens is 669 g/mol. The number of benzene rings is 8. The number of hydrogen-bond acceptors (Lipinski definition) is 2. The van der Waals surface area contributed by atoms with Crippen molar-refractivity contribution in [1.29, 1.82) is 0 Å². The molecule has 0 amide bonds. The maximum Gasteiger partial charge on any atom is 0.0641 e. The minimum absolute atomic E-state index is 1.17. The molecule has 0 atom stereocenters. The first-order valence-corrected chi connectivity index (χ1v) is 19.3. The number of nitrogens with zero attached hydrogens (tertiary/aromatic N) is 2. The van der Waals surface area contributed by atoms with E-state index in [0.29, 0.717) is 0 Å². The number of para-hydroxylation sites is 3. The Hall–Kier alpha value is -6.20. The minimum atomic E-state index is 1.17. The maximum absolute atomic E-state index is 2.47. The first kappa shape index (κ1) is 28.5. The Balaban J connectivity index is 1.13. The summed E-state index contributed by atoms with van der Waals surface area (Å²) in [4.78, 5) is 0. The van der Waals surface area contributed by atoms with Gasteiger partial charge >= 0.3 is 0 Å². The van der Waals surface area contributed by atoms with Crippen LogP contribution in [0.1, 0.15) is 0 Å². The molecule has 0 radical (unpaired) electrons. The molecule has 52 heavy (non-hydrogen) atoms. The molecule has 0 aliphatic carbocycles. The van der Waals surface area contributed by atoms with Crippen LogP contribution in [-0.2, 0) is 0 Å². The van der Waals surface area contributed by atoms with Crippen molar-refractivity contribution in [2.24, 2.45) is 0 Å². The molecule has 0 aliphatic rings. The van der Waals surface area contributed by atoms with Crippen LogP contribution < -0.4 is 0 Å². The predicted octanol–water partition coefficient (Wildman–Crippen LogP) is 14.3. The van der Waals surface area contributed by atoms with Crippen LogP contribution in [0.15, 0.2) is 170 Å². The summed E-state index contributed by atoms with van der Waals surface area (Å²) < 4.78 is 10.3. The standard InChI is InChI=1S/C48H28N2S2/c1-2-12-29(13-3-1)50-39-20-7-4-14-31(39)33-25-26-41-46(47(33)50)36-15-5-8-21-40(36)49(41)30-24-27-43-38(28-30)35-19-10-18-34(48(35)52-43)32-17-11-23-44-45(32)37-16-6-9-22-42(37)51-44/h1-28H. The largest absolute Gasteiger partial charge is 0.309 e. The minimum Gasteiger partial charge on any atom is -0.309 e. The molecule has 0 fully saturated rings. The van der Waals surface area contributed by atoms with Crippen molar-refractivity contribution >= 4 is 107 Å². The van der Waals surface area contributed by atoms with E-state index in [1.54, 1.807) is 0 Å². The second-order valence-electron chi connectivity index (χ2n) is 13.6. The van der Waals surface area contributed by atoms with Gasteiger partial charge in [-0.1, -0.05) is 109 Å². The lowest BCUT2D eigenvalue weighted by atomic mass is 9.98. The fourth-order valence-electron chi connectivity index (χ4n) is 8.77. The molecule has 0 saturated carbocycles. The molecule has 4 heterocycles. The second kappa shape index (κ2) is 10.7. The zero-order chi connectivity index (χ0) is 33.9. The van der Waals surface area contributed by atoms with Gasteiger partial charge < -0.3 is 9.13 Å². The van der Waals surface area contributed by atoms with Gasteiger partial charge in [-0.3, -0.25) is 0 Å². The molecular formula is C48H28N2S2. The molecule has 0 bridgehead atoms. The Labute approximate surface area is 306 Å². The van der Waals surface area contributed by atoms with Gasteiger partial charge in [-0.25, -0.2) is 0 Å². The molecule has 0 N–H and O–H groups in total. The lowest BCUT2D eigenvalue weighted by molar-refractivity contribution is 1.18. The van der Waals surface area contributed by atoms with Crippen LogP contribution in [-0.4, -0.2) is 9.13 Å². The maximum atomic E-state index is 2.47. The Bertz CT molecular complexity index is 3410. The Morgan fingerprint density at radius 3 is 1.88 bits per heavy atom. The molecule has 0 unspecified atom stereocenters. The van der Waals surface area contributed by atoms with Gasteiger partial charge in [0.25, 0.3) is 0 Å². The van der Waals surface area contributed by atoms with Crippen LogP contribution in [0.5, 0.6) is 0 Å². The first-order chi connectivity index (χ1) is 25.8. The zero-order valence-electron chi connectivity index (χ0n) is 27.9.